The second kappa shape index (κ2) is 10.4. The van der Waals surface area contributed by atoms with Crippen LogP contribution in [0.5, 0.6) is 0 Å². The standard InChI is InChI=1S/C22H25ClN4O2S/c1-14-7-8-17(16(23)11-14)27-21(29)9-10-25-22(24-2)26-13-18(28)20-12-15-5-3-4-6-19(15)30-20/h3-8,11-12,18,28H,9-10,13H2,1-2H3,(H,27,29)(H2,24,25,26). The zero-order valence-corrected chi connectivity index (χ0v) is 18.5. The molecule has 0 aliphatic carbocycles. The van der Waals surface area contributed by atoms with Crippen LogP contribution >= 0.6 is 22.9 Å². The molecule has 0 saturated heterocycles. The van der Waals surface area contributed by atoms with Gasteiger partial charge < -0.3 is 21.1 Å². The third-order valence-corrected chi connectivity index (χ3v) is 6.03. The van der Waals surface area contributed by atoms with E-state index in [0.717, 1.165) is 20.5 Å². The quantitative estimate of drug-likeness (QED) is 0.326. The van der Waals surface area contributed by atoms with Crippen molar-refractivity contribution in [3.63, 3.8) is 0 Å². The molecule has 1 heterocycles. The molecule has 0 saturated carbocycles. The average molecular weight is 445 g/mol. The van der Waals surface area contributed by atoms with Crippen LogP contribution in [-0.4, -0.2) is 37.1 Å². The molecule has 3 aromatic rings. The highest BCUT2D eigenvalue weighted by Crippen LogP contribution is 2.29. The summed E-state index contributed by atoms with van der Waals surface area (Å²) in [6.07, 6.45) is -0.392. The van der Waals surface area contributed by atoms with Crippen molar-refractivity contribution in [3.8, 4) is 0 Å². The smallest absolute Gasteiger partial charge is 0.226 e. The highest BCUT2D eigenvalue weighted by atomic mass is 35.5. The molecule has 4 N–H and O–H groups in total. The van der Waals surface area contributed by atoms with Crippen molar-refractivity contribution in [1.82, 2.24) is 10.6 Å². The first-order chi connectivity index (χ1) is 14.5. The molecule has 6 nitrogen and oxygen atoms in total. The Morgan fingerprint density at radius 3 is 2.73 bits per heavy atom. The number of guanidine groups is 1. The van der Waals surface area contributed by atoms with Gasteiger partial charge in [0.05, 0.1) is 10.7 Å². The summed E-state index contributed by atoms with van der Waals surface area (Å²) in [6.45, 7) is 2.66. The number of halogens is 1. The van der Waals surface area contributed by atoms with Crippen LogP contribution < -0.4 is 16.0 Å². The van der Waals surface area contributed by atoms with Crippen LogP contribution in [0.1, 0.15) is 23.0 Å². The zero-order valence-electron chi connectivity index (χ0n) is 16.9. The second-order valence-electron chi connectivity index (χ2n) is 6.86. The number of carbonyl (C=O) groups excluding carboxylic acids is 1. The van der Waals surface area contributed by atoms with E-state index in [-0.39, 0.29) is 12.3 Å². The molecule has 158 valence electrons. The van der Waals surface area contributed by atoms with E-state index in [9.17, 15) is 9.90 Å². The monoisotopic (exact) mass is 444 g/mol. The van der Waals surface area contributed by atoms with Crippen molar-refractivity contribution < 1.29 is 9.90 Å². The number of hydrogen-bond donors (Lipinski definition) is 4. The van der Waals surface area contributed by atoms with Gasteiger partial charge in [-0.3, -0.25) is 9.79 Å². The van der Waals surface area contributed by atoms with Gasteiger partial charge >= 0.3 is 0 Å². The summed E-state index contributed by atoms with van der Waals surface area (Å²) in [5.41, 5.74) is 1.63. The van der Waals surface area contributed by atoms with Gasteiger partial charge in [-0.2, -0.15) is 0 Å². The fraction of sp³-hybridized carbons (Fsp3) is 0.273. The predicted octanol–water partition coefficient (Wildman–Crippen LogP) is 4.09. The van der Waals surface area contributed by atoms with Crippen molar-refractivity contribution >= 4 is 50.6 Å². The number of carbonyl (C=O) groups is 1. The van der Waals surface area contributed by atoms with Gasteiger partial charge in [0.1, 0.15) is 6.10 Å². The Hall–Kier alpha value is -2.61. The van der Waals surface area contributed by atoms with Crippen LogP contribution in [-0.2, 0) is 4.79 Å². The minimum Gasteiger partial charge on any atom is -0.386 e. The van der Waals surface area contributed by atoms with Crippen LogP contribution in [0.25, 0.3) is 10.1 Å². The highest BCUT2D eigenvalue weighted by molar-refractivity contribution is 7.19. The van der Waals surface area contributed by atoms with Gasteiger partial charge in [0.15, 0.2) is 5.96 Å². The number of aliphatic imine (C=N–C) groups is 1. The lowest BCUT2D eigenvalue weighted by atomic mass is 10.2. The molecular weight excluding hydrogens is 420 g/mol. The number of hydrogen-bond acceptors (Lipinski definition) is 4. The maximum atomic E-state index is 12.1. The van der Waals surface area contributed by atoms with E-state index in [1.54, 1.807) is 24.5 Å². The molecule has 1 atom stereocenters. The Morgan fingerprint density at radius 2 is 2.00 bits per heavy atom. The van der Waals surface area contributed by atoms with Gasteiger partial charge in [-0.15, -0.1) is 11.3 Å². The number of thiophene rings is 1. The molecule has 0 aliphatic heterocycles. The van der Waals surface area contributed by atoms with E-state index in [0.29, 0.717) is 29.8 Å². The van der Waals surface area contributed by atoms with Crippen LogP contribution in [0.3, 0.4) is 0 Å². The topological polar surface area (TPSA) is 85.8 Å². The summed E-state index contributed by atoms with van der Waals surface area (Å²) in [7, 11) is 1.65. The van der Waals surface area contributed by atoms with Gasteiger partial charge in [0, 0.05) is 36.1 Å². The number of anilines is 1. The first-order valence-electron chi connectivity index (χ1n) is 9.63. The number of aliphatic hydroxyl groups excluding tert-OH is 1. The van der Waals surface area contributed by atoms with E-state index >= 15 is 0 Å². The Balaban J connectivity index is 1.43. The molecular formula is C22H25ClN4O2S. The fourth-order valence-corrected chi connectivity index (χ4v) is 4.24. The van der Waals surface area contributed by atoms with Crippen LogP contribution in [0.4, 0.5) is 5.69 Å². The number of aliphatic hydroxyl groups is 1. The molecule has 0 spiro atoms. The lowest BCUT2D eigenvalue weighted by Crippen LogP contribution is -2.40. The number of aryl methyl sites for hydroxylation is 1. The highest BCUT2D eigenvalue weighted by Gasteiger charge is 2.12. The molecule has 2 aromatic carbocycles. The maximum absolute atomic E-state index is 12.1. The summed E-state index contributed by atoms with van der Waals surface area (Å²) < 4.78 is 1.15. The number of fused-ring (bicyclic) bond motifs is 1. The summed E-state index contributed by atoms with van der Waals surface area (Å²) in [5, 5.41) is 21.1. The van der Waals surface area contributed by atoms with Crippen molar-refractivity contribution in [1.29, 1.82) is 0 Å². The summed E-state index contributed by atoms with van der Waals surface area (Å²) in [5.74, 6) is 0.380. The number of benzene rings is 2. The fourth-order valence-electron chi connectivity index (χ4n) is 2.91. The van der Waals surface area contributed by atoms with Crippen LogP contribution in [0.2, 0.25) is 5.02 Å². The lowest BCUT2D eigenvalue weighted by molar-refractivity contribution is -0.116. The van der Waals surface area contributed by atoms with E-state index < -0.39 is 6.10 Å². The first-order valence-corrected chi connectivity index (χ1v) is 10.8. The summed E-state index contributed by atoms with van der Waals surface area (Å²) in [4.78, 5) is 17.2. The summed E-state index contributed by atoms with van der Waals surface area (Å²) >= 11 is 7.72. The molecule has 0 bridgehead atoms. The van der Waals surface area contributed by atoms with Crippen molar-refractivity contribution in [2.45, 2.75) is 19.4 Å². The zero-order chi connectivity index (χ0) is 21.5. The second-order valence-corrected chi connectivity index (χ2v) is 8.39. The SMILES string of the molecule is CN=C(NCCC(=O)Nc1ccc(C)cc1Cl)NCC(O)c1cc2ccccc2s1. The van der Waals surface area contributed by atoms with Crippen molar-refractivity contribution in [2.75, 3.05) is 25.5 Å². The number of nitrogens with one attached hydrogen (secondary N) is 3. The van der Waals surface area contributed by atoms with Gasteiger partial charge in [0.25, 0.3) is 0 Å². The van der Waals surface area contributed by atoms with E-state index in [1.807, 2.05) is 49.4 Å². The largest absolute Gasteiger partial charge is 0.386 e. The van der Waals surface area contributed by atoms with E-state index in [4.69, 9.17) is 11.6 Å². The molecule has 0 radical (unpaired) electrons. The Morgan fingerprint density at radius 1 is 1.20 bits per heavy atom. The number of rotatable bonds is 7. The first kappa shape index (κ1) is 22.1. The Kier molecular flexibility index (Phi) is 7.68. The molecule has 0 aliphatic rings. The third kappa shape index (κ3) is 5.95. The van der Waals surface area contributed by atoms with Gasteiger partial charge in [0.2, 0.25) is 5.91 Å². The van der Waals surface area contributed by atoms with Crippen molar-refractivity contribution in [2.24, 2.45) is 4.99 Å². The molecule has 1 aromatic heterocycles. The number of amides is 1. The summed E-state index contributed by atoms with van der Waals surface area (Å²) in [6, 6.07) is 15.5. The predicted molar refractivity (Wildman–Crippen MR) is 126 cm³/mol. The molecule has 1 amide bonds. The van der Waals surface area contributed by atoms with E-state index in [2.05, 4.69) is 20.9 Å². The molecule has 8 heteroatoms. The van der Waals surface area contributed by atoms with Gasteiger partial charge in [-0.25, -0.2) is 0 Å². The van der Waals surface area contributed by atoms with Gasteiger partial charge in [-0.1, -0.05) is 35.9 Å². The Bertz CT molecular complexity index is 1020. The molecule has 3 rings (SSSR count). The van der Waals surface area contributed by atoms with Gasteiger partial charge in [-0.05, 0) is 42.1 Å². The minimum absolute atomic E-state index is 0.144. The normalized spacial score (nSPS) is 12.6. The van der Waals surface area contributed by atoms with Crippen molar-refractivity contribution in [3.05, 3.63) is 64.0 Å². The lowest BCUT2D eigenvalue weighted by Gasteiger charge is -2.14. The average Bonchev–Trinajstić information content (AvgIpc) is 3.17. The minimum atomic E-state index is -0.645. The molecule has 1 unspecified atom stereocenters. The van der Waals surface area contributed by atoms with E-state index in [1.165, 1.54) is 0 Å². The van der Waals surface area contributed by atoms with Crippen LogP contribution in [0.15, 0.2) is 53.5 Å². The van der Waals surface area contributed by atoms with Crippen LogP contribution in [0, 0.1) is 6.92 Å². The third-order valence-electron chi connectivity index (χ3n) is 4.50. The number of nitrogens with zero attached hydrogens (tertiary/aromatic N) is 1. The Labute approximate surface area is 185 Å². The molecule has 0 fully saturated rings. The molecule has 30 heavy (non-hydrogen) atoms. The maximum Gasteiger partial charge on any atom is 0.226 e.